The molecule has 1 aliphatic carbocycles. The summed E-state index contributed by atoms with van der Waals surface area (Å²) in [5, 5.41) is 12.3. The fourth-order valence-corrected chi connectivity index (χ4v) is 2.39. The van der Waals surface area contributed by atoms with Crippen molar-refractivity contribution in [2.45, 2.75) is 39.0 Å². The van der Waals surface area contributed by atoms with Gasteiger partial charge in [-0.3, -0.25) is 4.28 Å². The Hall–Kier alpha value is -1.35. The molecule has 0 fully saturated rings. The second-order valence-corrected chi connectivity index (χ2v) is 5.54. The van der Waals surface area contributed by atoms with Crippen molar-refractivity contribution in [1.82, 2.24) is 0 Å². The highest BCUT2D eigenvalue weighted by Gasteiger charge is 2.15. The zero-order chi connectivity index (χ0) is 12.7. The molecular weight excluding hydrogens is 240 g/mol. The van der Waals surface area contributed by atoms with E-state index in [1.807, 2.05) is 19.1 Å². The van der Waals surface area contributed by atoms with Crippen LogP contribution in [0.4, 0.5) is 0 Å². The van der Waals surface area contributed by atoms with E-state index in [0.29, 0.717) is 6.42 Å². The number of nitriles is 1. The Kier molecular flexibility index (Phi) is 5.16. The quantitative estimate of drug-likeness (QED) is 0.538. The SMILES string of the molecule is CCCCS(=O)(=O)ON=C(C#N)C1=CCCC1. The first-order chi connectivity index (χ1) is 8.09. The highest BCUT2D eigenvalue weighted by molar-refractivity contribution is 7.86. The molecule has 0 aromatic carbocycles. The van der Waals surface area contributed by atoms with Gasteiger partial charge in [-0.25, -0.2) is 0 Å². The van der Waals surface area contributed by atoms with Crippen LogP contribution in [0.1, 0.15) is 39.0 Å². The molecule has 1 rings (SSSR count). The highest BCUT2D eigenvalue weighted by atomic mass is 32.2. The van der Waals surface area contributed by atoms with Crippen LogP contribution < -0.4 is 0 Å². The minimum absolute atomic E-state index is 0.0647. The van der Waals surface area contributed by atoms with E-state index >= 15 is 0 Å². The van der Waals surface area contributed by atoms with Crippen molar-refractivity contribution in [3.8, 4) is 6.07 Å². The number of rotatable bonds is 6. The van der Waals surface area contributed by atoms with Crippen molar-refractivity contribution in [3.63, 3.8) is 0 Å². The Bertz CT molecular complexity index is 458. The average Bonchev–Trinajstić information content (AvgIpc) is 2.81. The van der Waals surface area contributed by atoms with E-state index in [1.165, 1.54) is 0 Å². The molecule has 0 amide bonds. The topological polar surface area (TPSA) is 79.5 Å². The molecule has 0 saturated heterocycles. The van der Waals surface area contributed by atoms with Gasteiger partial charge in [-0.1, -0.05) is 24.6 Å². The van der Waals surface area contributed by atoms with E-state index in [1.54, 1.807) is 0 Å². The van der Waals surface area contributed by atoms with E-state index in [-0.39, 0.29) is 11.5 Å². The first-order valence-corrected chi connectivity index (χ1v) is 7.25. The molecule has 6 heteroatoms. The first kappa shape index (κ1) is 13.7. The fraction of sp³-hybridized carbons (Fsp3) is 0.636. The van der Waals surface area contributed by atoms with Crippen LogP contribution in [0, 0.1) is 11.3 Å². The van der Waals surface area contributed by atoms with Crippen LogP contribution in [0.5, 0.6) is 0 Å². The normalized spacial score (nSPS) is 16.5. The Labute approximate surface area is 102 Å². The second-order valence-electron chi connectivity index (χ2n) is 3.86. The maximum atomic E-state index is 11.4. The number of hydrogen-bond donors (Lipinski definition) is 0. The first-order valence-electron chi connectivity index (χ1n) is 5.68. The van der Waals surface area contributed by atoms with Gasteiger partial charge in [-0.2, -0.15) is 13.7 Å². The van der Waals surface area contributed by atoms with Crippen molar-refractivity contribution >= 4 is 15.8 Å². The smallest absolute Gasteiger partial charge is 0.267 e. The minimum atomic E-state index is -3.64. The number of hydrogen-bond acceptors (Lipinski definition) is 5. The van der Waals surface area contributed by atoms with Crippen molar-refractivity contribution < 1.29 is 12.7 Å². The van der Waals surface area contributed by atoms with Gasteiger partial charge in [0.15, 0.2) is 5.71 Å². The molecule has 0 aromatic heterocycles. The number of unbranched alkanes of at least 4 members (excludes halogenated alkanes) is 1. The highest BCUT2D eigenvalue weighted by Crippen LogP contribution is 2.19. The van der Waals surface area contributed by atoms with Gasteiger partial charge < -0.3 is 0 Å². The van der Waals surface area contributed by atoms with Gasteiger partial charge in [0.05, 0.1) is 5.75 Å². The van der Waals surface area contributed by atoms with Gasteiger partial charge in [0.25, 0.3) is 0 Å². The molecule has 0 aromatic rings. The van der Waals surface area contributed by atoms with E-state index in [4.69, 9.17) is 5.26 Å². The maximum Gasteiger partial charge on any atom is 0.328 e. The Morgan fingerprint density at radius 3 is 2.94 bits per heavy atom. The monoisotopic (exact) mass is 256 g/mol. The van der Waals surface area contributed by atoms with E-state index in [9.17, 15) is 8.42 Å². The number of nitrogens with zero attached hydrogens (tertiary/aromatic N) is 2. The van der Waals surface area contributed by atoms with Gasteiger partial charge in [-0.15, -0.1) is 0 Å². The summed E-state index contributed by atoms with van der Waals surface area (Å²) in [6.07, 6.45) is 5.82. The van der Waals surface area contributed by atoms with Crippen molar-refractivity contribution in [3.05, 3.63) is 11.6 Å². The molecule has 0 saturated carbocycles. The molecule has 94 valence electrons. The minimum Gasteiger partial charge on any atom is -0.267 e. The third-order valence-electron chi connectivity index (χ3n) is 2.44. The van der Waals surface area contributed by atoms with E-state index in [0.717, 1.165) is 31.3 Å². The maximum absolute atomic E-state index is 11.4. The van der Waals surface area contributed by atoms with Crippen LogP contribution in [0.3, 0.4) is 0 Å². The van der Waals surface area contributed by atoms with Gasteiger partial charge >= 0.3 is 10.1 Å². The lowest BCUT2D eigenvalue weighted by atomic mass is 10.1. The van der Waals surface area contributed by atoms with Gasteiger partial charge in [0, 0.05) is 0 Å². The summed E-state index contributed by atoms with van der Waals surface area (Å²) in [7, 11) is -3.64. The van der Waals surface area contributed by atoms with Crippen LogP contribution in [0.2, 0.25) is 0 Å². The number of allylic oxidation sites excluding steroid dienone is 2. The van der Waals surface area contributed by atoms with Gasteiger partial charge in [-0.05, 0) is 31.3 Å². The summed E-state index contributed by atoms with van der Waals surface area (Å²) in [5.74, 6) is -0.0647. The molecular formula is C11H16N2O3S. The van der Waals surface area contributed by atoms with Crippen molar-refractivity contribution in [2.75, 3.05) is 5.75 Å². The van der Waals surface area contributed by atoms with Gasteiger partial charge in [0.1, 0.15) is 6.07 Å². The van der Waals surface area contributed by atoms with Crippen LogP contribution in [0.15, 0.2) is 16.8 Å². The summed E-state index contributed by atoms with van der Waals surface area (Å²) in [6, 6.07) is 1.86. The second kappa shape index (κ2) is 6.40. The summed E-state index contributed by atoms with van der Waals surface area (Å²) < 4.78 is 27.2. The lowest BCUT2D eigenvalue weighted by Gasteiger charge is -2.01. The molecule has 0 spiro atoms. The molecule has 5 nitrogen and oxygen atoms in total. The zero-order valence-corrected chi connectivity index (χ0v) is 10.7. The summed E-state index contributed by atoms with van der Waals surface area (Å²) in [5.41, 5.74) is 0.848. The van der Waals surface area contributed by atoms with Crippen LogP contribution in [-0.2, 0) is 14.4 Å². The molecule has 0 atom stereocenters. The average molecular weight is 256 g/mol. The molecule has 0 bridgehead atoms. The lowest BCUT2D eigenvalue weighted by Crippen LogP contribution is -2.09. The zero-order valence-electron chi connectivity index (χ0n) is 9.85. The van der Waals surface area contributed by atoms with Crippen LogP contribution in [0.25, 0.3) is 0 Å². The van der Waals surface area contributed by atoms with Crippen molar-refractivity contribution in [1.29, 1.82) is 5.26 Å². The molecule has 0 N–H and O–H groups in total. The standard InChI is InChI=1S/C11H16N2O3S/c1-2-3-8-17(14,15)16-13-11(9-12)10-6-4-5-7-10/h6H,2-5,7-8H2,1H3. The van der Waals surface area contributed by atoms with Crippen LogP contribution in [-0.4, -0.2) is 19.9 Å². The Morgan fingerprint density at radius 2 is 2.41 bits per heavy atom. The molecule has 0 aliphatic heterocycles. The predicted molar refractivity (Wildman–Crippen MR) is 64.8 cm³/mol. The Morgan fingerprint density at radius 1 is 1.65 bits per heavy atom. The molecule has 17 heavy (non-hydrogen) atoms. The van der Waals surface area contributed by atoms with Crippen LogP contribution >= 0.6 is 0 Å². The summed E-state index contributed by atoms with van der Waals surface area (Å²) in [4.78, 5) is 0. The summed E-state index contributed by atoms with van der Waals surface area (Å²) >= 11 is 0. The number of oxime groups is 1. The van der Waals surface area contributed by atoms with E-state index in [2.05, 4.69) is 9.44 Å². The lowest BCUT2D eigenvalue weighted by molar-refractivity contribution is 0.338. The Balaban J connectivity index is 2.65. The fourth-order valence-electron chi connectivity index (χ4n) is 1.49. The third kappa shape index (κ3) is 4.57. The molecule has 0 heterocycles. The molecule has 1 aliphatic rings. The third-order valence-corrected chi connectivity index (χ3v) is 3.53. The summed E-state index contributed by atoms with van der Waals surface area (Å²) in [6.45, 7) is 1.89. The predicted octanol–water partition coefficient (Wildman–Crippen LogP) is 2.12. The molecule has 0 unspecified atom stereocenters. The van der Waals surface area contributed by atoms with E-state index < -0.39 is 10.1 Å². The largest absolute Gasteiger partial charge is 0.328 e. The van der Waals surface area contributed by atoms with Gasteiger partial charge in [0.2, 0.25) is 0 Å². The van der Waals surface area contributed by atoms with Crippen molar-refractivity contribution in [2.24, 2.45) is 5.16 Å². The molecule has 0 radical (unpaired) electrons.